The van der Waals surface area contributed by atoms with Gasteiger partial charge in [0.2, 0.25) is 0 Å². The first-order valence-electron chi connectivity index (χ1n) is 7.04. The molecule has 0 spiro atoms. The molecule has 1 atom stereocenters. The number of aliphatic hydroxyl groups excluding tert-OH is 1. The summed E-state index contributed by atoms with van der Waals surface area (Å²) in [6, 6.07) is 15.1. The summed E-state index contributed by atoms with van der Waals surface area (Å²) in [7, 11) is 0. The van der Waals surface area contributed by atoms with Gasteiger partial charge in [0.25, 0.3) is 0 Å². The van der Waals surface area contributed by atoms with Crippen molar-refractivity contribution in [2.45, 2.75) is 25.4 Å². The Balaban J connectivity index is 2.07. The summed E-state index contributed by atoms with van der Waals surface area (Å²) in [4.78, 5) is 0. The van der Waals surface area contributed by atoms with E-state index in [0.29, 0.717) is 18.5 Å². The number of benzene rings is 2. The summed E-state index contributed by atoms with van der Waals surface area (Å²) >= 11 is 5.79. The molecule has 2 nitrogen and oxygen atoms in total. The molecule has 1 unspecified atom stereocenters. The van der Waals surface area contributed by atoms with Gasteiger partial charge in [-0.1, -0.05) is 54.1 Å². The molecule has 0 fully saturated rings. The topological polar surface area (TPSA) is 32.3 Å². The van der Waals surface area contributed by atoms with Crippen LogP contribution in [-0.2, 0) is 6.54 Å². The quantitative estimate of drug-likeness (QED) is 0.808. The predicted molar refractivity (Wildman–Crippen MR) is 83.8 cm³/mol. The van der Waals surface area contributed by atoms with Gasteiger partial charge in [-0.2, -0.15) is 0 Å². The summed E-state index contributed by atoms with van der Waals surface area (Å²) in [6.45, 7) is 0.550. The van der Waals surface area contributed by atoms with Gasteiger partial charge in [0.15, 0.2) is 0 Å². The van der Waals surface area contributed by atoms with E-state index < -0.39 is 0 Å². The first kappa shape index (κ1) is 16.0. The summed E-state index contributed by atoms with van der Waals surface area (Å²) < 4.78 is 13.9. The van der Waals surface area contributed by atoms with Crippen LogP contribution in [0, 0.1) is 5.82 Å². The zero-order valence-electron chi connectivity index (χ0n) is 11.7. The maximum atomic E-state index is 13.9. The highest BCUT2D eigenvalue weighted by Gasteiger charge is 2.12. The molecule has 4 heteroatoms. The molecule has 112 valence electrons. The van der Waals surface area contributed by atoms with Crippen LogP contribution in [0.5, 0.6) is 0 Å². The third-order valence-corrected chi connectivity index (χ3v) is 3.72. The van der Waals surface area contributed by atoms with E-state index in [-0.39, 0.29) is 23.5 Å². The molecule has 2 aromatic carbocycles. The zero-order chi connectivity index (χ0) is 15.1. The van der Waals surface area contributed by atoms with E-state index in [4.69, 9.17) is 16.7 Å². The lowest BCUT2D eigenvalue weighted by molar-refractivity contribution is 0.274. The van der Waals surface area contributed by atoms with Crippen LogP contribution in [0.3, 0.4) is 0 Å². The first-order chi connectivity index (χ1) is 10.2. The highest BCUT2D eigenvalue weighted by molar-refractivity contribution is 6.30. The molecule has 0 aromatic heterocycles. The summed E-state index contributed by atoms with van der Waals surface area (Å²) in [5, 5.41) is 12.5. The third kappa shape index (κ3) is 4.53. The van der Waals surface area contributed by atoms with Crippen LogP contribution in [0.15, 0.2) is 48.5 Å². The van der Waals surface area contributed by atoms with Crippen molar-refractivity contribution in [2.24, 2.45) is 0 Å². The Morgan fingerprint density at radius 3 is 2.57 bits per heavy atom. The molecule has 2 rings (SSSR count). The Bertz CT molecular complexity index is 562. The SMILES string of the molecule is OCCCC(NCc1cccc(Cl)c1F)c1ccccc1. The van der Waals surface area contributed by atoms with E-state index in [9.17, 15) is 4.39 Å². The molecule has 2 N–H and O–H groups in total. The minimum absolute atomic E-state index is 0.0803. The van der Waals surface area contributed by atoms with Crippen molar-refractivity contribution < 1.29 is 9.50 Å². The molecule has 21 heavy (non-hydrogen) atoms. The van der Waals surface area contributed by atoms with Crippen LogP contribution in [-0.4, -0.2) is 11.7 Å². The van der Waals surface area contributed by atoms with Gasteiger partial charge >= 0.3 is 0 Å². The van der Waals surface area contributed by atoms with Gasteiger partial charge in [0.1, 0.15) is 5.82 Å². The van der Waals surface area contributed by atoms with Crippen LogP contribution < -0.4 is 5.32 Å². The van der Waals surface area contributed by atoms with Crippen LogP contribution >= 0.6 is 11.6 Å². The monoisotopic (exact) mass is 307 g/mol. The van der Waals surface area contributed by atoms with E-state index in [0.717, 1.165) is 12.0 Å². The van der Waals surface area contributed by atoms with E-state index in [1.54, 1.807) is 18.2 Å². The van der Waals surface area contributed by atoms with E-state index in [2.05, 4.69) is 5.32 Å². The Labute approximate surface area is 129 Å². The maximum Gasteiger partial charge on any atom is 0.146 e. The highest BCUT2D eigenvalue weighted by atomic mass is 35.5. The molecule has 0 heterocycles. The third-order valence-electron chi connectivity index (χ3n) is 3.42. The Morgan fingerprint density at radius 2 is 1.86 bits per heavy atom. The van der Waals surface area contributed by atoms with Gasteiger partial charge in [-0.15, -0.1) is 0 Å². The second kappa shape index (κ2) is 8.13. The lowest BCUT2D eigenvalue weighted by atomic mass is 10.0. The van der Waals surface area contributed by atoms with Crippen LogP contribution in [0.25, 0.3) is 0 Å². The summed E-state index contributed by atoms with van der Waals surface area (Å²) in [5.41, 5.74) is 1.68. The molecule has 0 radical (unpaired) electrons. The van der Waals surface area contributed by atoms with Crippen LogP contribution in [0.2, 0.25) is 5.02 Å². The second-order valence-electron chi connectivity index (χ2n) is 4.92. The molecule has 2 aromatic rings. The molecule has 0 bridgehead atoms. The van der Waals surface area contributed by atoms with Gasteiger partial charge in [-0.3, -0.25) is 0 Å². The van der Waals surface area contributed by atoms with E-state index in [1.807, 2.05) is 30.3 Å². The van der Waals surface area contributed by atoms with Crippen molar-refractivity contribution in [3.8, 4) is 0 Å². The zero-order valence-corrected chi connectivity index (χ0v) is 12.5. The fourth-order valence-corrected chi connectivity index (χ4v) is 2.48. The Hall–Kier alpha value is -1.42. The Morgan fingerprint density at radius 1 is 1.10 bits per heavy atom. The van der Waals surface area contributed by atoms with Gasteiger partial charge in [-0.25, -0.2) is 4.39 Å². The molecule has 0 saturated carbocycles. The van der Waals surface area contributed by atoms with Crippen molar-refractivity contribution >= 4 is 11.6 Å². The number of aliphatic hydroxyl groups is 1. The fourth-order valence-electron chi connectivity index (χ4n) is 2.29. The second-order valence-corrected chi connectivity index (χ2v) is 5.33. The number of hydrogen-bond acceptors (Lipinski definition) is 2. The molecule has 0 saturated heterocycles. The predicted octanol–water partition coefficient (Wildman–Crippen LogP) is 4.08. The summed E-state index contributed by atoms with van der Waals surface area (Å²) in [5.74, 6) is -0.374. The van der Waals surface area contributed by atoms with Crippen molar-refractivity contribution in [3.63, 3.8) is 0 Å². The van der Waals surface area contributed by atoms with Crippen LogP contribution in [0.1, 0.15) is 30.0 Å². The van der Waals surface area contributed by atoms with Crippen molar-refractivity contribution in [1.29, 1.82) is 0 Å². The van der Waals surface area contributed by atoms with Gasteiger partial charge in [-0.05, 0) is 24.5 Å². The van der Waals surface area contributed by atoms with Gasteiger partial charge in [0.05, 0.1) is 5.02 Å². The van der Waals surface area contributed by atoms with Crippen molar-refractivity contribution in [1.82, 2.24) is 5.32 Å². The average Bonchev–Trinajstić information content (AvgIpc) is 2.52. The number of halogens is 2. The fraction of sp³-hybridized carbons (Fsp3) is 0.294. The largest absolute Gasteiger partial charge is 0.396 e. The van der Waals surface area contributed by atoms with Crippen LogP contribution in [0.4, 0.5) is 4.39 Å². The standard InChI is InChI=1S/C17H19ClFNO/c18-15-9-4-8-14(17(15)19)12-20-16(10-5-11-21)13-6-2-1-3-7-13/h1-4,6-9,16,20-21H,5,10-12H2. The minimum Gasteiger partial charge on any atom is -0.396 e. The van der Waals surface area contributed by atoms with Gasteiger partial charge < -0.3 is 10.4 Å². The molecule has 0 aliphatic rings. The first-order valence-corrected chi connectivity index (χ1v) is 7.42. The van der Waals surface area contributed by atoms with Crippen molar-refractivity contribution in [2.75, 3.05) is 6.61 Å². The molecule has 0 amide bonds. The molecule has 0 aliphatic heterocycles. The molecular formula is C17H19ClFNO. The maximum absolute atomic E-state index is 13.9. The van der Waals surface area contributed by atoms with Crippen molar-refractivity contribution in [3.05, 3.63) is 70.5 Å². The molecule has 0 aliphatic carbocycles. The van der Waals surface area contributed by atoms with E-state index in [1.165, 1.54) is 0 Å². The normalized spacial score (nSPS) is 12.3. The van der Waals surface area contributed by atoms with E-state index >= 15 is 0 Å². The smallest absolute Gasteiger partial charge is 0.146 e. The lowest BCUT2D eigenvalue weighted by Gasteiger charge is -2.19. The lowest BCUT2D eigenvalue weighted by Crippen LogP contribution is -2.22. The average molecular weight is 308 g/mol. The number of nitrogens with one attached hydrogen (secondary N) is 1. The number of hydrogen-bond donors (Lipinski definition) is 2. The highest BCUT2D eigenvalue weighted by Crippen LogP contribution is 2.21. The Kier molecular flexibility index (Phi) is 6.18. The summed E-state index contributed by atoms with van der Waals surface area (Å²) in [6.07, 6.45) is 1.49. The van der Waals surface area contributed by atoms with Gasteiger partial charge in [0, 0.05) is 24.8 Å². The molecular weight excluding hydrogens is 289 g/mol. The number of rotatable bonds is 7. The minimum atomic E-state index is -0.374.